The molecule has 1 atom stereocenters. The van der Waals surface area contributed by atoms with Crippen molar-refractivity contribution in [2.75, 3.05) is 0 Å². The zero-order chi connectivity index (χ0) is 14.7. The van der Waals surface area contributed by atoms with Crippen LogP contribution in [0, 0.1) is 11.3 Å². The van der Waals surface area contributed by atoms with Gasteiger partial charge in [0.05, 0.1) is 0 Å². The second-order valence-electron chi connectivity index (χ2n) is 5.31. The van der Waals surface area contributed by atoms with Gasteiger partial charge in [-0.15, -0.1) is 0 Å². The van der Waals surface area contributed by atoms with E-state index in [1.807, 2.05) is 18.2 Å². The van der Waals surface area contributed by atoms with E-state index in [0.29, 0.717) is 12.3 Å². The molecule has 0 fully saturated rings. The minimum absolute atomic E-state index is 0.154. The molecule has 2 N–H and O–H groups in total. The first-order chi connectivity index (χ1) is 10.3. The fourth-order valence-corrected chi connectivity index (χ4v) is 2.71. The van der Waals surface area contributed by atoms with E-state index >= 15 is 0 Å². The zero-order valence-corrected chi connectivity index (χ0v) is 11.7. The predicted octanol–water partition coefficient (Wildman–Crippen LogP) is 2.87. The summed E-state index contributed by atoms with van der Waals surface area (Å²) in [7, 11) is 0. The van der Waals surface area contributed by atoms with E-state index in [1.165, 1.54) is 11.1 Å². The van der Waals surface area contributed by atoms with Gasteiger partial charge in [0, 0.05) is 12.2 Å². The van der Waals surface area contributed by atoms with Crippen LogP contribution in [0.2, 0.25) is 0 Å². The molecule has 1 heterocycles. The number of nitrogens with zero attached hydrogens (tertiary/aromatic N) is 2. The average molecular weight is 279 g/mol. The lowest BCUT2D eigenvalue weighted by molar-refractivity contribution is 0.305. The molecule has 1 unspecified atom stereocenters. The van der Waals surface area contributed by atoms with Crippen molar-refractivity contribution in [1.82, 2.24) is 4.98 Å². The van der Waals surface area contributed by atoms with Crippen molar-refractivity contribution in [3.8, 4) is 11.8 Å². The van der Waals surface area contributed by atoms with Gasteiger partial charge in [0.2, 0.25) is 0 Å². The van der Waals surface area contributed by atoms with Crippen molar-refractivity contribution in [3.05, 3.63) is 58.9 Å². The molecule has 1 aliphatic rings. The Labute approximate surface area is 124 Å². The van der Waals surface area contributed by atoms with Crippen molar-refractivity contribution in [3.63, 3.8) is 0 Å². The van der Waals surface area contributed by atoms with Crippen LogP contribution >= 0.6 is 0 Å². The lowest BCUT2D eigenvalue weighted by atomic mass is 9.88. The Hall–Kier alpha value is -2.38. The third-order valence-corrected chi connectivity index (χ3v) is 3.82. The van der Waals surface area contributed by atoms with Gasteiger partial charge in [0.25, 0.3) is 0 Å². The molecule has 2 aromatic rings. The molecule has 0 aliphatic heterocycles. The summed E-state index contributed by atoms with van der Waals surface area (Å²) in [5.41, 5.74) is 10.00. The van der Waals surface area contributed by atoms with Gasteiger partial charge < -0.3 is 10.5 Å². The molecule has 3 rings (SSSR count). The van der Waals surface area contributed by atoms with E-state index in [0.717, 1.165) is 30.6 Å². The molecule has 0 radical (unpaired) electrons. The summed E-state index contributed by atoms with van der Waals surface area (Å²) >= 11 is 0. The number of hydrogen-bond acceptors (Lipinski definition) is 4. The molecule has 0 amide bonds. The van der Waals surface area contributed by atoms with Gasteiger partial charge in [0.15, 0.2) is 0 Å². The quantitative estimate of drug-likeness (QED) is 0.937. The Kier molecular flexibility index (Phi) is 3.85. The smallest absolute Gasteiger partial charge is 0.140 e. The first-order valence-corrected chi connectivity index (χ1v) is 7.12. The molecule has 1 aromatic heterocycles. The molecule has 4 nitrogen and oxygen atoms in total. The minimum Gasteiger partial charge on any atom is -0.489 e. The van der Waals surface area contributed by atoms with E-state index < -0.39 is 0 Å². The van der Waals surface area contributed by atoms with Gasteiger partial charge in [-0.1, -0.05) is 6.07 Å². The Morgan fingerprint density at radius 2 is 2.24 bits per heavy atom. The lowest BCUT2D eigenvalue weighted by Crippen LogP contribution is -2.17. The molecular weight excluding hydrogens is 262 g/mol. The Bertz CT molecular complexity index is 691. The molecule has 0 bridgehead atoms. The third kappa shape index (κ3) is 3.04. The molecule has 106 valence electrons. The third-order valence-electron chi connectivity index (χ3n) is 3.82. The molecule has 0 spiro atoms. The normalized spacial score (nSPS) is 16.9. The van der Waals surface area contributed by atoms with Gasteiger partial charge in [0.1, 0.15) is 24.1 Å². The van der Waals surface area contributed by atoms with Crippen LogP contribution in [0.1, 0.15) is 41.3 Å². The highest BCUT2D eigenvalue weighted by atomic mass is 16.5. The van der Waals surface area contributed by atoms with Crippen molar-refractivity contribution >= 4 is 0 Å². The second kappa shape index (κ2) is 5.94. The summed E-state index contributed by atoms with van der Waals surface area (Å²) in [6.45, 7) is 0.433. The molecule has 4 heteroatoms. The highest BCUT2D eigenvalue weighted by Gasteiger charge is 2.16. The van der Waals surface area contributed by atoms with Crippen LogP contribution < -0.4 is 10.5 Å². The van der Waals surface area contributed by atoms with E-state index in [1.54, 1.807) is 12.3 Å². The summed E-state index contributed by atoms with van der Waals surface area (Å²) in [6, 6.07) is 11.9. The van der Waals surface area contributed by atoms with Gasteiger partial charge in [-0.2, -0.15) is 5.26 Å². The number of benzene rings is 1. The number of aryl methyl sites for hydroxylation is 1. The fraction of sp³-hybridized carbons (Fsp3) is 0.294. The van der Waals surface area contributed by atoms with Gasteiger partial charge in [-0.3, -0.25) is 0 Å². The average Bonchev–Trinajstić information content (AvgIpc) is 2.53. The van der Waals surface area contributed by atoms with Crippen LogP contribution in [0.5, 0.6) is 5.75 Å². The first kappa shape index (κ1) is 13.6. The van der Waals surface area contributed by atoms with Crippen molar-refractivity contribution in [1.29, 1.82) is 5.26 Å². The number of pyridine rings is 1. The molecule has 21 heavy (non-hydrogen) atoms. The number of fused-ring (bicyclic) bond motifs is 1. The fourth-order valence-electron chi connectivity index (χ4n) is 2.71. The van der Waals surface area contributed by atoms with Crippen molar-refractivity contribution in [2.24, 2.45) is 5.73 Å². The van der Waals surface area contributed by atoms with Crippen LogP contribution in [0.4, 0.5) is 0 Å². The van der Waals surface area contributed by atoms with Gasteiger partial charge in [-0.25, -0.2) is 4.98 Å². The summed E-state index contributed by atoms with van der Waals surface area (Å²) in [5, 5.41) is 8.84. The number of ether oxygens (including phenoxy) is 1. The SMILES string of the molecule is N#Cc1cc(COc2ccc3c(c2)CCCC3N)ccn1. The minimum atomic E-state index is 0.154. The van der Waals surface area contributed by atoms with Crippen LogP contribution in [-0.2, 0) is 13.0 Å². The largest absolute Gasteiger partial charge is 0.489 e. The summed E-state index contributed by atoms with van der Waals surface area (Å²) < 4.78 is 5.81. The number of nitrogens with two attached hydrogens (primary N) is 1. The van der Waals surface area contributed by atoms with Crippen LogP contribution in [0.15, 0.2) is 36.5 Å². The standard InChI is InChI=1S/C17H17N3O/c18-10-14-8-12(6-7-20-14)11-21-15-4-5-16-13(9-15)2-1-3-17(16)19/h4-9,17H,1-3,11,19H2. The Balaban J connectivity index is 1.72. The van der Waals surface area contributed by atoms with E-state index in [2.05, 4.69) is 17.1 Å². The molecule has 0 saturated carbocycles. The lowest BCUT2D eigenvalue weighted by Gasteiger charge is -2.22. The van der Waals surface area contributed by atoms with Crippen molar-refractivity contribution < 1.29 is 4.74 Å². The van der Waals surface area contributed by atoms with E-state index in [9.17, 15) is 0 Å². The van der Waals surface area contributed by atoms with Gasteiger partial charge >= 0.3 is 0 Å². The maximum atomic E-state index is 8.84. The molecular formula is C17H17N3O. The zero-order valence-electron chi connectivity index (χ0n) is 11.7. The predicted molar refractivity (Wildman–Crippen MR) is 79.6 cm³/mol. The summed E-state index contributed by atoms with van der Waals surface area (Å²) in [5.74, 6) is 0.846. The maximum absolute atomic E-state index is 8.84. The van der Waals surface area contributed by atoms with Crippen LogP contribution in [0.25, 0.3) is 0 Å². The first-order valence-electron chi connectivity index (χ1n) is 7.12. The highest BCUT2D eigenvalue weighted by Crippen LogP contribution is 2.30. The topological polar surface area (TPSA) is 71.9 Å². The number of nitriles is 1. The molecule has 1 aromatic carbocycles. The highest BCUT2D eigenvalue weighted by molar-refractivity contribution is 5.39. The monoisotopic (exact) mass is 279 g/mol. The molecule has 0 saturated heterocycles. The van der Waals surface area contributed by atoms with Crippen LogP contribution in [0.3, 0.4) is 0 Å². The maximum Gasteiger partial charge on any atom is 0.140 e. The number of aromatic nitrogens is 1. The van der Waals surface area contributed by atoms with Crippen molar-refractivity contribution in [2.45, 2.75) is 31.9 Å². The summed E-state index contributed by atoms with van der Waals surface area (Å²) in [4.78, 5) is 3.95. The van der Waals surface area contributed by atoms with Crippen LogP contribution in [-0.4, -0.2) is 4.98 Å². The second-order valence-corrected chi connectivity index (χ2v) is 5.31. The Morgan fingerprint density at radius 1 is 1.33 bits per heavy atom. The Morgan fingerprint density at radius 3 is 3.10 bits per heavy atom. The summed E-state index contributed by atoms with van der Waals surface area (Å²) in [6.07, 6.45) is 4.88. The molecule has 1 aliphatic carbocycles. The van der Waals surface area contributed by atoms with Gasteiger partial charge in [-0.05, 0) is 60.2 Å². The number of hydrogen-bond donors (Lipinski definition) is 1. The number of rotatable bonds is 3. The van der Waals surface area contributed by atoms with E-state index in [-0.39, 0.29) is 6.04 Å². The van der Waals surface area contributed by atoms with E-state index in [4.69, 9.17) is 15.7 Å².